The molecule has 0 nitrogen and oxygen atoms in total. The molecule has 0 aliphatic carbocycles. The maximum absolute atomic E-state index is 5.98. The lowest BCUT2D eigenvalue weighted by Gasteiger charge is -2.10. The van der Waals surface area contributed by atoms with E-state index in [1.54, 1.807) is 0 Å². The summed E-state index contributed by atoms with van der Waals surface area (Å²) in [6, 6.07) is 5.87. The molecule has 0 aliphatic heterocycles. The highest BCUT2D eigenvalue weighted by atomic mass is 79.9. The Hall–Kier alpha value is 0.280. The van der Waals surface area contributed by atoms with Crippen LogP contribution in [0.5, 0.6) is 0 Å². The predicted molar refractivity (Wildman–Crippen MR) is 77.0 cm³/mol. The summed E-state index contributed by atoms with van der Waals surface area (Å²) in [5.74, 6) is 0. The first-order valence-electron chi connectivity index (χ1n) is 5.71. The molecule has 0 amide bonds. The lowest BCUT2D eigenvalue weighted by atomic mass is 10.1. The van der Waals surface area contributed by atoms with Crippen LogP contribution in [-0.4, -0.2) is 4.83 Å². The summed E-state index contributed by atoms with van der Waals surface area (Å²) in [5, 5.41) is 1.27. The van der Waals surface area contributed by atoms with Gasteiger partial charge in [-0.3, -0.25) is 0 Å². The molecule has 90 valence electrons. The maximum Gasteiger partial charge on any atom is 0.0595 e. The summed E-state index contributed by atoms with van der Waals surface area (Å²) in [6.45, 7) is 2.22. The minimum absolute atomic E-state index is 0.538. The molecule has 0 bridgehead atoms. The van der Waals surface area contributed by atoms with Gasteiger partial charge >= 0.3 is 0 Å². The van der Waals surface area contributed by atoms with Crippen molar-refractivity contribution in [2.45, 2.75) is 43.9 Å². The Labute approximate surface area is 116 Å². The van der Waals surface area contributed by atoms with Gasteiger partial charge in [-0.2, -0.15) is 0 Å². The van der Waals surface area contributed by atoms with Crippen LogP contribution in [0.2, 0.25) is 10.0 Å². The molecule has 1 aromatic carbocycles. The van der Waals surface area contributed by atoms with Gasteiger partial charge in [-0.15, -0.1) is 0 Å². The second-order valence-electron chi connectivity index (χ2n) is 4.05. The second-order valence-corrected chi connectivity index (χ2v) is 6.16. The molecular formula is C13H17BrCl2. The zero-order chi connectivity index (χ0) is 12.0. The molecule has 0 aliphatic rings. The topological polar surface area (TPSA) is 0 Å². The number of benzene rings is 1. The van der Waals surface area contributed by atoms with Crippen LogP contribution in [0.4, 0.5) is 0 Å². The van der Waals surface area contributed by atoms with Gasteiger partial charge in [0.05, 0.1) is 10.0 Å². The van der Waals surface area contributed by atoms with Gasteiger partial charge in [-0.25, -0.2) is 0 Å². The van der Waals surface area contributed by atoms with Crippen molar-refractivity contribution < 1.29 is 0 Å². The Balaban J connectivity index is 2.43. The third-order valence-corrected chi connectivity index (χ3v) is 4.08. The van der Waals surface area contributed by atoms with E-state index in [9.17, 15) is 0 Å². The van der Waals surface area contributed by atoms with Crippen molar-refractivity contribution in [3.63, 3.8) is 0 Å². The first-order chi connectivity index (χ1) is 7.63. The molecule has 0 fully saturated rings. The fraction of sp³-hybridized carbons (Fsp3) is 0.538. The van der Waals surface area contributed by atoms with Gasteiger partial charge in [-0.05, 0) is 30.5 Å². The molecule has 1 atom stereocenters. The monoisotopic (exact) mass is 322 g/mol. The van der Waals surface area contributed by atoms with Crippen molar-refractivity contribution in [3.05, 3.63) is 33.8 Å². The van der Waals surface area contributed by atoms with Crippen molar-refractivity contribution in [1.82, 2.24) is 0 Å². The molecule has 1 unspecified atom stereocenters. The highest BCUT2D eigenvalue weighted by Gasteiger charge is 2.06. The first-order valence-corrected chi connectivity index (χ1v) is 7.38. The molecular weight excluding hydrogens is 307 g/mol. The third kappa shape index (κ3) is 5.07. The van der Waals surface area contributed by atoms with Crippen molar-refractivity contribution >= 4 is 39.1 Å². The van der Waals surface area contributed by atoms with Gasteiger partial charge in [0.15, 0.2) is 0 Å². The van der Waals surface area contributed by atoms with E-state index in [1.807, 2.05) is 18.2 Å². The zero-order valence-electron chi connectivity index (χ0n) is 9.48. The number of alkyl halides is 1. The van der Waals surface area contributed by atoms with Crippen LogP contribution in [0.3, 0.4) is 0 Å². The average molecular weight is 324 g/mol. The van der Waals surface area contributed by atoms with Gasteiger partial charge in [-0.1, -0.05) is 71.4 Å². The van der Waals surface area contributed by atoms with Crippen molar-refractivity contribution in [1.29, 1.82) is 0 Å². The van der Waals surface area contributed by atoms with Crippen molar-refractivity contribution in [2.24, 2.45) is 0 Å². The Morgan fingerprint density at radius 2 is 1.94 bits per heavy atom. The maximum atomic E-state index is 5.98. The smallest absolute Gasteiger partial charge is 0.0595 e. The van der Waals surface area contributed by atoms with E-state index in [2.05, 4.69) is 22.9 Å². The highest BCUT2D eigenvalue weighted by Crippen LogP contribution is 2.25. The first kappa shape index (κ1) is 14.3. The van der Waals surface area contributed by atoms with Crippen molar-refractivity contribution in [2.75, 3.05) is 0 Å². The lowest BCUT2D eigenvalue weighted by Crippen LogP contribution is -2.02. The summed E-state index contributed by atoms with van der Waals surface area (Å²) in [6.07, 6.45) is 6.10. The molecule has 0 heterocycles. The Bertz CT molecular complexity index is 326. The number of rotatable bonds is 6. The minimum atomic E-state index is 0.538. The van der Waals surface area contributed by atoms with Gasteiger partial charge in [0.25, 0.3) is 0 Å². The fourth-order valence-electron chi connectivity index (χ4n) is 1.64. The van der Waals surface area contributed by atoms with Crippen LogP contribution in [0, 0.1) is 0 Å². The summed E-state index contributed by atoms with van der Waals surface area (Å²) in [7, 11) is 0. The molecule has 3 heteroatoms. The minimum Gasteiger partial charge on any atom is -0.0887 e. The molecule has 0 N–H and O–H groups in total. The lowest BCUT2D eigenvalue weighted by molar-refractivity contribution is 0.648. The van der Waals surface area contributed by atoms with E-state index in [4.69, 9.17) is 23.2 Å². The summed E-state index contributed by atoms with van der Waals surface area (Å²) < 4.78 is 0. The van der Waals surface area contributed by atoms with Gasteiger partial charge in [0, 0.05) is 4.83 Å². The van der Waals surface area contributed by atoms with Crippen LogP contribution in [0.15, 0.2) is 18.2 Å². The van der Waals surface area contributed by atoms with Gasteiger partial charge in [0.2, 0.25) is 0 Å². The van der Waals surface area contributed by atoms with E-state index in [1.165, 1.54) is 31.2 Å². The van der Waals surface area contributed by atoms with E-state index in [-0.39, 0.29) is 0 Å². The van der Waals surface area contributed by atoms with Crippen LogP contribution in [0.25, 0.3) is 0 Å². The summed E-state index contributed by atoms with van der Waals surface area (Å²) >= 11 is 15.6. The number of hydrogen-bond donors (Lipinski definition) is 0. The molecule has 16 heavy (non-hydrogen) atoms. The summed E-state index contributed by atoms with van der Waals surface area (Å²) in [4.78, 5) is 0.538. The van der Waals surface area contributed by atoms with E-state index in [0.29, 0.717) is 14.9 Å². The third-order valence-electron chi connectivity index (χ3n) is 2.56. The van der Waals surface area contributed by atoms with Crippen LogP contribution >= 0.6 is 39.1 Å². The number of halogens is 3. The van der Waals surface area contributed by atoms with Gasteiger partial charge < -0.3 is 0 Å². The molecule has 0 radical (unpaired) electrons. The van der Waals surface area contributed by atoms with E-state index < -0.39 is 0 Å². The average Bonchev–Trinajstić information content (AvgIpc) is 2.24. The van der Waals surface area contributed by atoms with Gasteiger partial charge in [0.1, 0.15) is 0 Å². The molecule has 0 saturated carbocycles. The molecule has 1 aromatic rings. The molecule has 0 aromatic heterocycles. The fourth-order valence-corrected chi connectivity index (χ4v) is 2.66. The van der Waals surface area contributed by atoms with E-state index >= 15 is 0 Å². The molecule has 0 saturated heterocycles. The second kappa shape index (κ2) is 7.58. The number of unbranched alkanes of at least 4 members (excludes halogenated alkanes) is 2. The zero-order valence-corrected chi connectivity index (χ0v) is 12.6. The Morgan fingerprint density at radius 1 is 1.19 bits per heavy atom. The molecule has 0 spiro atoms. The van der Waals surface area contributed by atoms with E-state index in [0.717, 1.165) is 6.42 Å². The Kier molecular flexibility index (Phi) is 6.79. The van der Waals surface area contributed by atoms with Crippen LogP contribution in [0.1, 0.15) is 38.2 Å². The van der Waals surface area contributed by atoms with Crippen molar-refractivity contribution in [3.8, 4) is 0 Å². The molecule has 1 rings (SSSR count). The quantitative estimate of drug-likeness (QED) is 0.453. The normalized spacial score (nSPS) is 12.8. The number of hydrogen-bond acceptors (Lipinski definition) is 0. The SMILES string of the molecule is CCCCCC(Br)Cc1ccc(Cl)c(Cl)c1. The summed E-state index contributed by atoms with van der Waals surface area (Å²) in [5.41, 5.74) is 1.24. The largest absolute Gasteiger partial charge is 0.0887 e. The predicted octanol–water partition coefficient (Wildman–Crippen LogP) is 5.88. The van der Waals surface area contributed by atoms with Crippen LogP contribution in [-0.2, 0) is 6.42 Å². The highest BCUT2D eigenvalue weighted by molar-refractivity contribution is 9.09. The standard InChI is InChI=1S/C13H17BrCl2/c1-2-3-4-5-11(14)8-10-6-7-12(15)13(16)9-10/h6-7,9,11H,2-5,8H2,1H3. The van der Waals surface area contributed by atoms with Crippen LogP contribution < -0.4 is 0 Å². The Morgan fingerprint density at radius 3 is 2.56 bits per heavy atom.